The second kappa shape index (κ2) is 2.35. The van der Waals surface area contributed by atoms with E-state index in [2.05, 4.69) is 39.0 Å². The minimum Gasteiger partial charge on any atom is -0.0588 e. The first-order valence-corrected chi connectivity index (χ1v) is 4.70. The number of hydrogen-bond donors (Lipinski definition) is 0. The molecule has 1 aliphatic carbocycles. The molecule has 0 bridgehead atoms. The summed E-state index contributed by atoms with van der Waals surface area (Å²) in [7, 11) is 0. The van der Waals surface area contributed by atoms with Gasteiger partial charge in [-0.3, -0.25) is 0 Å². The molecule has 12 heavy (non-hydrogen) atoms. The predicted molar refractivity (Wildman–Crippen MR) is 52.5 cm³/mol. The summed E-state index contributed by atoms with van der Waals surface area (Å²) in [5.41, 5.74) is 4.90. The Hall–Kier alpha value is -0.780. The van der Waals surface area contributed by atoms with Gasteiger partial charge in [0, 0.05) is 0 Å². The van der Waals surface area contributed by atoms with Crippen LogP contribution in [0.5, 0.6) is 0 Å². The molecule has 0 amide bonds. The van der Waals surface area contributed by atoms with E-state index >= 15 is 0 Å². The largest absolute Gasteiger partial charge is 0.0588 e. The standard InChI is InChI=1S/C12H16/c1-9-4-5-11(8-10(9)2)12(3)6-7-12/h4-5,8H,6-7H2,1-3H3. The Morgan fingerprint density at radius 3 is 2.25 bits per heavy atom. The molecule has 1 fully saturated rings. The highest BCUT2D eigenvalue weighted by molar-refractivity contribution is 5.37. The number of hydrogen-bond acceptors (Lipinski definition) is 0. The third-order valence-electron chi connectivity index (χ3n) is 3.20. The van der Waals surface area contributed by atoms with Crippen LogP contribution in [0.3, 0.4) is 0 Å². The van der Waals surface area contributed by atoms with Gasteiger partial charge in [0.15, 0.2) is 0 Å². The van der Waals surface area contributed by atoms with Gasteiger partial charge in [0.1, 0.15) is 0 Å². The van der Waals surface area contributed by atoms with E-state index in [-0.39, 0.29) is 0 Å². The molecule has 0 radical (unpaired) electrons. The fourth-order valence-electron chi connectivity index (χ4n) is 1.59. The Labute approximate surface area is 74.6 Å². The van der Waals surface area contributed by atoms with Gasteiger partial charge in [0.05, 0.1) is 0 Å². The second-order valence-electron chi connectivity index (χ2n) is 4.36. The zero-order valence-electron chi connectivity index (χ0n) is 8.15. The van der Waals surface area contributed by atoms with Gasteiger partial charge >= 0.3 is 0 Å². The van der Waals surface area contributed by atoms with Crippen LogP contribution in [0.2, 0.25) is 0 Å². The van der Waals surface area contributed by atoms with Crippen LogP contribution >= 0.6 is 0 Å². The van der Waals surface area contributed by atoms with E-state index in [0.29, 0.717) is 5.41 Å². The Bertz CT molecular complexity index is 306. The Morgan fingerprint density at radius 1 is 1.08 bits per heavy atom. The second-order valence-corrected chi connectivity index (χ2v) is 4.36. The quantitative estimate of drug-likeness (QED) is 0.591. The minimum absolute atomic E-state index is 0.526. The van der Waals surface area contributed by atoms with Crippen molar-refractivity contribution in [3.63, 3.8) is 0 Å². The summed E-state index contributed by atoms with van der Waals surface area (Å²) in [6, 6.07) is 6.88. The van der Waals surface area contributed by atoms with Gasteiger partial charge in [-0.1, -0.05) is 25.1 Å². The average molecular weight is 160 g/mol. The molecule has 64 valence electrons. The Morgan fingerprint density at radius 2 is 1.75 bits per heavy atom. The van der Waals surface area contributed by atoms with Crippen molar-refractivity contribution in [3.05, 3.63) is 34.9 Å². The molecule has 0 saturated heterocycles. The van der Waals surface area contributed by atoms with E-state index in [9.17, 15) is 0 Å². The van der Waals surface area contributed by atoms with Crippen LogP contribution in [-0.2, 0) is 5.41 Å². The van der Waals surface area contributed by atoms with Crippen molar-refractivity contribution in [2.75, 3.05) is 0 Å². The van der Waals surface area contributed by atoms with Gasteiger partial charge in [-0.25, -0.2) is 0 Å². The zero-order chi connectivity index (χ0) is 8.77. The smallest absolute Gasteiger partial charge is 0.00745 e. The lowest BCUT2D eigenvalue weighted by atomic mass is 9.95. The zero-order valence-corrected chi connectivity index (χ0v) is 8.15. The van der Waals surface area contributed by atoms with Crippen molar-refractivity contribution < 1.29 is 0 Å². The normalized spacial score (nSPS) is 19.2. The lowest BCUT2D eigenvalue weighted by Gasteiger charge is -2.10. The van der Waals surface area contributed by atoms with Crippen LogP contribution in [0, 0.1) is 13.8 Å². The summed E-state index contributed by atoms with van der Waals surface area (Å²) in [6.45, 7) is 6.73. The van der Waals surface area contributed by atoms with Crippen molar-refractivity contribution in [1.82, 2.24) is 0 Å². The topological polar surface area (TPSA) is 0 Å². The number of benzene rings is 1. The van der Waals surface area contributed by atoms with Gasteiger partial charge in [-0.2, -0.15) is 0 Å². The Balaban J connectivity index is 2.41. The van der Waals surface area contributed by atoms with Crippen LogP contribution in [0.25, 0.3) is 0 Å². The highest BCUT2D eigenvalue weighted by Gasteiger charge is 2.38. The average Bonchev–Trinajstić information content (AvgIpc) is 2.75. The SMILES string of the molecule is Cc1ccc(C2(C)CC2)cc1C. The molecule has 0 unspecified atom stereocenters. The maximum Gasteiger partial charge on any atom is -0.00745 e. The van der Waals surface area contributed by atoms with Crippen LogP contribution in [-0.4, -0.2) is 0 Å². The molecule has 1 saturated carbocycles. The molecule has 0 aliphatic heterocycles. The van der Waals surface area contributed by atoms with Crippen molar-refractivity contribution in [3.8, 4) is 0 Å². The molecule has 0 atom stereocenters. The van der Waals surface area contributed by atoms with E-state index < -0.39 is 0 Å². The van der Waals surface area contributed by atoms with E-state index in [4.69, 9.17) is 0 Å². The molecule has 0 heterocycles. The first-order valence-electron chi connectivity index (χ1n) is 4.70. The fraction of sp³-hybridized carbons (Fsp3) is 0.500. The minimum atomic E-state index is 0.526. The molecular formula is C12H16. The third kappa shape index (κ3) is 1.16. The molecule has 0 aromatic heterocycles. The maximum atomic E-state index is 2.36. The van der Waals surface area contributed by atoms with Crippen molar-refractivity contribution in [2.24, 2.45) is 0 Å². The molecule has 1 aromatic carbocycles. The van der Waals surface area contributed by atoms with Crippen LogP contribution in [0.1, 0.15) is 36.5 Å². The van der Waals surface area contributed by atoms with Gasteiger partial charge in [-0.05, 0) is 48.8 Å². The van der Waals surface area contributed by atoms with E-state index in [1.165, 1.54) is 29.5 Å². The molecule has 0 spiro atoms. The number of aryl methyl sites for hydroxylation is 2. The molecular weight excluding hydrogens is 144 g/mol. The molecule has 0 heteroatoms. The molecule has 0 nitrogen and oxygen atoms in total. The highest BCUT2D eigenvalue weighted by Crippen LogP contribution is 2.47. The van der Waals surface area contributed by atoms with E-state index in [1.807, 2.05) is 0 Å². The summed E-state index contributed by atoms with van der Waals surface area (Å²) < 4.78 is 0. The maximum absolute atomic E-state index is 2.36. The molecule has 1 aromatic rings. The summed E-state index contributed by atoms with van der Waals surface area (Å²) in [4.78, 5) is 0. The third-order valence-corrected chi connectivity index (χ3v) is 3.20. The van der Waals surface area contributed by atoms with Gasteiger partial charge < -0.3 is 0 Å². The van der Waals surface area contributed by atoms with Gasteiger partial charge in [-0.15, -0.1) is 0 Å². The van der Waals surface area contributed by atoms with Gasteiger partial charge in [0.25, 0.3) is 0 Å². The fourth-order valence-corrected chi connectivity index (χ4v) is 1.59. The highest BCUT2D eigenvalue weighted by atomic mass is 14.4. The first-order chi connectivity index (χ1) is 5.62. The predicted octanol–water partition coefficient (Wildman–Crippen LogP) is 3.35. The van der Waals surface area contributed by atoms with Crippen LogP contribution < -0.4 is 0 Å². The summed E-state index contributed by atoms with van der Waals surface area (Å²) in [6.07, 6.45) is 2.74. The summed E-state index contributed by atoms with van der Waals surface area (Å²) in [5.74, 6) is 0. The van der Waals surface area contributed by atoms with Crippen molar-refractivity contribution in [2.45, 2.75) is 39.0 Å². The van der Waals surface area contributed by atoms with E-state index in [0.717, 1.165) is 0 Å². The monoisotopic (exact) mass is 160 g/mol. The van der Waals surface area contributed by atoms with Crippen LogP contribution in [0.15, 0.2) is 18.2 Å². The first kappa shape index (κ1) is 7.85. The van der Waals surface area contributed by atoms with Crippen molar-refractivity contribution >= 4 is 0 Å². The summed E-state index contributed by atoms with van der Waals surface area (Å²) >= 11 is 0. The summed E-state index contributed by atoms with van der Waals surface area (Å²) in [5, 5.41) is 0. The van der Waals surface area contributed by atoms with E-state index in [1.54, 1.807) is 0 Å². The van der Waals surface area contributed by atoms with Crippen molar-refractivity contribution in [1.29, 1.82) is 0 Å². The number of rotatable bonds is 1. The Kier molecular flexibility index (Phi) is 1.54. The lowest BCUT2D eigenvalue weighted by molar-refractivity contribution is 0.786. The lowest BCUT2D eigenvalue weighted by Crippen LogP contribution is -2.00. The molecule has 2 rings (SSSR count). The van der Waals surface area contributed by atoms with Gasteiger partial charge in [0.2, 0.25) is 0 Å². The van der Waals surface area contributed by atoms with Crippen LogP contribution in [0.4, 0.5) is 0 Å². The molecule has 0 N–H and O–H groups in total. The molecule has 1 aliphatic rings.